The van der Waals surface area contributed by atoms with E-state index in [0.717, 1.165) is 16.5 Å². The number of halogens is 1. The van der Waals surface area contributed by atoms with Crippen LogP contribution in [0.15, 0.2) is 53.3 Å². The number of fused-ring (bicyclic) bond motifs is 1. The zero-order valence-corrected chi connectivity index (χ0v) is 14.3. The summed E-state index contributed by atoms with van der Waals surface area (Å²) in [5.41, 5.74) is 1.64. The zero-order valence-electron chi connectivity index (χ0n) is 13.6. The molecule has 0 aliphatic carbocycles. The van der Waals surface area contributed by atoms with Gasteiger partial charge in [-0.1, -0.05) is 35.9 Å². The van der Waals surface area contributed by atoms with Crippen molar-refractivity contribution in [2.45, 2.75) is 13.5 Å². The molecule has 0 radical (unpaired) electrons. The van der Waals surface area contributed by atoms with Crippen molar-refractivity contribution in [3.05, 3.63) is 69.5 Å². The van der Waals surface area contributed by atoms with Crippen LogP contribution in [0.2, 0.25) is 5.02 Å². The minimum atomic E-state index is -0.0766. The van der Waals surface area contributed by atoms with Crippen molar-refractivity contribution in [2.75, 3.05) is 13.7 Å². The summed E-state index contributed by atoms with van der Waals surface area (Å²) in [6, 6.07) is 14.7. The van der Waals surface area contributed by atoms with Gasteiger partial charge in [-0.2, -0.15) is 0 Å². The highest BCUT2D eigenvalue weighted by Crippen LogP contribution is 2.27. The fourth-order valence-corrected chi connectivity index (χ4v) is 2.96. The molecule has 5 heteroatoms. The Morgan fingerprint density at radius 3 is 2.58 bits per heavy atom. The number of rotatable bonds is 5. The fraction of sp³-hybridized carbons (Fsp3) is 0.211. The highest BCUT2D eigenvalue weighted by atomic mass is 35.5. The smallest absolute Gasteiger partial charge is 0.251 e. The first-order valence-corrected chi connectivity index (χ1v) is 8.04. The van der Waals surface area contributed by atoms with E-state index in [4.69, 9.17) is 21.1 Å². The second-order valence-electron chi connectivity index (χ2n) is 5.45. The van der Waals surface area contributed by atoms with Crippen LogP contribution in [0.1, 0.15) is 5.56 Å². The van der Waals surface area contributed by atoms with E-state index in [1.807, 2.05) is 37.3 Å². The van der Waals surface area contributed by atoms with Crippen LogP contribution in [0, 0.1) is 6.92 Å². The molecule has 4 nitrogen and oxygen atoms in total. The van der Waals surface area contributed by atoms with Gasteiger partial charge in [-0.05, 0) is 30.7 Å². The van der Waals surface area contributed by atoms with Crippen molar-refractivity contribution in [3.63, 3.8) is 0 Å². The summed E-state index contributed by atoms with van der Waals surface area (Å²) in [6.07, 6.45) is 0. The Morgan fingerprint density at radius 2 is 1.83 bits per heavy atom. The van der Waals surface area contributed by atoms with Gasteiger partial charge in [0.2, 0.25) is 0 Å². The van der Waals surface area contributed by atoms with Gasteiger partial charge in [0.25, 0.3) is 5.56 Å². The van der Waals surface area contributed by atoms with Gasteiger partial charge in [-0.3, -0.25) is 4.79 Å². The molecule has 0 unspecified atom stereocenters. The summed E-state index contributed by atoms with van der Waals surface area (Å²) >= 11 is 6.09. The molecule has 1 aromatic heterocycles. The van der Waals surface area contributed by atoms with Crippen LogP contribution in [0.4, 0.5) is 0 Å². The number of aryl methyl sites for hydroxylation is 1. The van der Waals surface area contributed by atoms with Gasteiger partial charge in [0.15, 0.2) is 0 Å². The number of hydrogen-bond donors (Lipinski definition) is 0. The van der Waals surface area contributed by atoms with E-state index >= 15 is 0 Å². The molecule has 0 saturated heterocycles. The van der Waals surface area contributed by atoms with E-state index in [1.54, 1.807) is 29.9 Å². The summed E-state index contributed by atoms with van der Waals surface area (Å²) in [4.78, 5) is 12.5. The molecular formula is C19H18ClNO3. The van der Waals surface area contributed by atoms with E-state index in [0.29, 0.717) is 29.7 Å². The maximum absolute atomic E-state index is 12.5. The Hall–Kier alpha value is -2.46. The van der Waals surface area contributed by atoms with Gasteiger partial charge in [0.05, 0.1) is 24.2 Å². The standard InChI is InChI=1S/C19H18ClNO3/c1-13-12-18(22)21(19-14(13)6-5-9-17(19)23-2)10-11-24-16-8-4-3-7-15(16)20/h3-9,12H,10-11H2,1-2H3. The molecule has 0 atom stereocenters. The maximum Gasteiger partial charge on any atom is 0.251 e. The Bertz CT molecular complexity index is 934. The van der Waals surface area contributed by atoms with Crippen LogP contribution in [0.5, 0.6) is 11.5 Å². The molecule has 0 saturated carbocycles. The van der Waals surface area contributed by atoms with Gasteiger partial charge in [0.1, 0.15) is 18.1 Å². The van der Waals surface area contributed by atoms with Gasteiger partial charge in [-0.25, -0.2) is 0 Å². The molecule has 24 heavy (non-hydrogen) atoms. The van der Waals surface area contributed by atoms with Gasteiger partial charge < -0.3 is 14.0 Å². The molecule has 124 valence electrons. The van der Waals surface area contributed by atoms with E-state index in [2.05, 4.69) is 0 Å². The predicted octanol–water partition coefficient (Wildman–Crippen LogP) is 4.05. The first kappa shape index (κ1) is 16.4. The summed E-state index contributed by atoms with van der Waals surface area (Å²) < 4.78 is 12.8. The average molecular weight is 344 g/mol. The first-order chi connectivity index (χ1) is 11.6. The topological polar surface area (TPSA) is 40.5 Å². The van der Waals surface area contributed by atoms with E-state index < -0.39 is 0 Å². The molecule has 0 fully saturated rings. The Balaban J connectivity index is 1.94. The molecule has 0 N–H and O–H groups in total. The first-order valence-electron chi connectivity index (χ1n) is 7.66. The monoisotopic (exact) mass is 343 g/mol. The summed E-state index contributed by atoms with van der Waals surface area (Å²) in [5, 5.41) is 1.54. The third kappa shape index (κ3) is 3.10. The number of nitrogens with zero attached hydrogens (tertiary/aromatic N) is 1. The average Bonchev–Trinajstić information content (AvgIpc) is 2.58. The summed E-state index contributed by atoms with van der Waals surface area (Å²) in [5.74, 6) is 1.28. The third-order valence-corrected chi connectivity index (χ3v) is 4.24. The molecule has 0 bridgehead atoms. The number of benzene rings is 2. The number of methoxy groups -OCH3 is 1. The maximum atomic E-state index is 12.5. The Labute approximate surface area is 145 Å². The molecule has 0 amide bonds. The molecular weight excluding hydrogens is 326 g/mol. The number of para-hydroxylation sites is 2. The van der Waals surface area contributed by atoms with E-state index in [-0.39, 0.29) is 5.56 Å². The van der Waals surface area contributed by atoms with Crippen LogP contribution in [0.25, 0.3) is 10.9 Å². The normalized spacial score (nSPS) is 10.8. The molecule has 0 spiro atoms. The SMILES string of the molecule is COc1cccc2c(C)cc(=O)n(CCOc3ccccc3Cl)c12. The molecule has 1 heterocycles. The fourth-order valence-electron chi connectivity index (χ4n) is 2.77. The number of ether oxygens (including phenoxy) is 2. The second-order valence-corrected chi connectivity index (χ2v) is 5.86. The lowest BCUT2D eigenvalue weighted by atomic mass is 10.1. The minimum Gasteiger partial charge on any atom is -0.495 e. The van der Waals surface area contributed by atoms with Crippen LogP contribution >= 0.6 is 11.6 Å². The number of pyridine rings is 1. The number of aromatic nitrogens is 1. The molecule has 3 aromatic rings. The largest absolute Gasteiger partial charge is 0.495 e. The predicted molar refractivity (Wildman–Crippen MR) is 96.4 cm³/mol. The van der Waals surface area contributed by atoms with Crippen LogP contribution in [-0.4, -0.2) is 18.3 Å². The highest BCUT2D eigenvalue weighted by Gasteiger charge is 2.11. The number of hydrogen-bond acceptors (Lipinski definition) is 3. The molecule has 2 aromatic carbocycles. The van der Waals surface area contributed by atoms with Crippen molar-refractivity contribution < 1.29 is 9.47 Å². The van der Waals surface area contributed by atoms with Crippen LogP contribution < -0.4 is 15.0 Å². The second kappa shape index (κ2) is 6.97. The van der Waals surface area contributed by atoms with Crippen molar-refractivity contribution in [3.8, 4) is 11.5 Å². The van der Waals surface area contributed by atoms with Gasteiger partial charge in [0, 0.05) is 11.5 Å². The molecule has 0 aliphatic rings. The lowest BCUT2D eigenvalue weighted by molar-refractivity contribution is 0.298. The van der Waals surface area contributed by atoms with Crippen molar-refractivity contribution in [2.24, 2.45) is 0 Å². The van der Waals surface area contributed by atoms with Crippen LogP contribution in [0.3, 0.4) is 0 Å². The van der Waals surface area contributed by atoms with Crippen LogP contribution in [-0.2, 0) is 6.54 Å². The summed E-state index contributed by atoms with van der Waals surface area (Å²) in [6.45, 7) is 2.66. The Kier molecular flexibility index (Phi) is 4.76. The quantitative estimate of drug-likeness (QED) is 0.701. The minimum absolute atomic E-state index is 0.0766. The summed E-state index contributed by atoms with van der Waals surface area (Å²) in [7, 11) is 1.60. The molecule has 3 rings (SSSR count). The van der Waals surface area contributed by atoms with Crippen molar-refractivity contribution in [1.82, 2.24) is 4.57 Å². The molecule has 0 aliphatic heterocycles. The third-order valence-electron chi connectivity index (χ3n) is 3.93. The lowest BCUT2D eigenvalue weighted by Crippen LogP contribution is -2.23. The van der Waals surface area contributed by atoms with E-state index in [9.17, 15) is 4.79 Å². The van der Waals surface area contributed by atoms with Gasteiger partial charge >= 0.3 is 0 Å². The van der Waals surface area contributed by atoms with Crippen molar-refractivity contribution >= 4 is 22.5 Å². The zero-order chi connectivity index (χ0) is 17.1. The van der Waals surface area contributed by atoms with Gasteiger partial charge in [-0.15, -0.1) is 0 Å². The van der Waals surface area contributed by atoms with Crippen molar-refractivity contribution in [1.29, 1.82) is 0 Å². The lowest BCUT2D eigenvalue weighted by Gasteiger charge is -2.15. The Morgan fingerprint density at radius 1 is 1.08 bits per heavy atom. The highest BCUT2D eigenvalue weighted by molar-refractivity contribution is 6.32. The van der Waals surface area contributed by atoms with E-state index in [1.165, 1.54) is 0 Å².